The van der Waals surface area contributed by atoms with Crippen molar-refractivity contribution in [3.8, 4) is 11.5 Å². The van der Waals surface area contributed by atoms with Gasteiger partial charge in [-0.15, -0.1) is 0 Å². The third kappa shape index (κ3) is 5.38. The fraction of sp³-hybridized carbons (Fsp3) is 0.280. The molecule has 0 bridgehead atoms. The summed E-state index contributed by atoms with van der Waals surface area (Å²) in [6.07, 6.45) is 0. The molecule has 0 aliphatic carbocycles. The van der Waals surface area contributed by atoms with Crippen molar-refractivity contribution in [3.05, 3.63) is 71.8 Å². The molecule has 5 heteroatoms. The fourth-order valence-corrected chi connectivity index (χ4v) is 3.02. The Labute approximate surface area is 177 Å². The van der Waals surface area contributed by atoms with E-state index in [0.29, 0.717) is 5.75 Å². The van der Waals surface area contributed by atoms with Crippen LogP contribution in [0.3, 0.4) is 0 Å². The van der Waals surface area contributed by atoms with Crippen molar-refractivity contribution in [2.75, 3.05) is 13.7 Å². The maximum atomic E-state index is 12.1. The molecule has 30 heavy (non-hydrogen) atoms. The van der Waals surface area contributed by atoms with Gasteiger partial charge < -0.3 is 9.47 Å². The number of methoxy groups -OCH3 is 1. The van der Waals surface area contributed by atoms with Gasteiger partial charge in [0.25, 0.3) is 5.91 Å². The van der Waals surface area contributed by atoms with Crippen LogP contribution >= 0.6 is 0 Å². The highest BCUT2D eigenvalue weighted by atomic mass is 16.5. The zero-order valence-electron chi connectivity index (χ0n) is 18.2. The number of amides is 1. The van der Waals surface area contributed by atoms with Crippen LogP contribution in [-0.2, 0) is 10.2 Å². The molecule has 1 amide bonds. The van der Waals surface area contributed by atoms with Crippen LogP contribution in [0.4, 0.5) is 0 Å². The molecule has 156 valence electrons. The van der Waals surface area contributed by atoms with E-state index in [1.807, 2.05) is 67.6 Å². The van der Waals surface area contributed by atoms with Gasteiger partial charge in [-0.25, -0.2) is 5.43 Å². The van der Waals surface area contributed by atoms with Crippen molar-refractivity contribution < 1.29 is 14.3 Å². The molecule has 0 unspecified atom stereocenters. The maximum Gasteiger partial charge on any atom is 0.277 e. The van der Waals surface area contributed by atoms with Crippen LogP contribution in [0, 0.1) is 0 Å². The van der Waals surface area contributed by atoms with Crippen molar-refractivity contribution in [1.82, 2.24) is 5.43 Å². The lowest BCUT2D eigenvalue weighted by atomic mass is 9.87. The van der Waals surface area contributed by atoms with E-state index in [4.69, 9.17) is 9.47 Å². The molecule has 0 aliphatic heterocycles. The lowest BCUT2D eigenvalue weighted by molar-refractivity contribution is -0.123. The number of hydrogen-bond acceptors (Lipinski definition) is 4. The minimum absolute atomic E-state index is 0.0803. The van der Waals surface area contributed by atoms with Gasteiger partial charge in [-0.2, -0.15) is 5.10 Å². The fourth-order valence-electron chi connectivity index (χ4n) is 3.02. The minimum atomic E-state index is -0.306. The molecular formula is C25H28N2O3. The predicted octanol–water partition coefficient (Wildman–Crippen LogP) is 5.07. The van der Waals surface area contributed by atoms with Gasteiger partial charge in [0.05, 0.1) is 12.8 Å². The maximum absolute atomic E-state index is 12.1. The van der Waals surface area contributed by atoms with Crippen LogP contribution in [-0.4, -0.2) is 25.3 Å². The molecule has 0 spiro atoms. The van der Waals surface area contributed by atoms with Crippen molar-refractivity contribution in [2.45, 2.75) is 33.1 Å². The Bertz CT molecular complexity index is 1060. The van der Waals surface area contributed by atoms with Crippen molar-refractivity contribution in [3.63, 3.8) is 0 Å². The third-order valence-electron chi connectivity index (χ3n) is 4.90. The number of nitrogens with zero attached hydrogens (tertiary/aromatic N) is 1. The molecule has 0 heterocycles. The molecule has 0 saturated carbocycles. The molecule has 0 fully saturated rings. The molecule has 0 aromatic heterocycles. The summed E-state index contributed by atoms with van der Waals surface area (Å²) in [7, 11) is 1.65. The first-order valence-electron chi connectivity index (χ1n) is 9.91. The minimum Gasteiger partial charge on any atom is -0.497 e. The molecule has 5 nitrogen and oxygen atoms in total. The van der Waals surface area contributed by atoms with Crippen LogP contribution < -0.4 is 14.9 Å². The number of rotatable bonds is 6. The molecular weight excluding hydrogens is 376 g/mol. The van der Waals surface area contributed by atoms with E-state index >= 15 is 0 Å². The summed E-state index contributed by atoms with van der Waals surface area (Å²) >= 11 is 0. The highest BCUT2D eigenvalue weighted by molar-refractivity contribution is 6.02. The molecule has 0 aliphatic rings. The standard InChI is InChI=1S/C25H28N2O3/c1-17(18-6-7-20-15-23(29-5)11-8-19(20)14-18)26-27-24(28)16-30-22-12-9-21(10-13-22)25(2,3)4/h6-15H,16H2,1-5H3,(H,27,28)/b26-17-. The average molecular weight is 405 g/mol. The average Bonchev–Trinajstić information content (AvgIpc) is 2.74. The Hall–Kier alpha value is -3.34. The van der Waals surface area contributed by atoms with Crippen LogP contribution in [0.2, 0.25) is 0 Å². The first-order valence-corrected chi connectivity index (χ1v) is 9.91. The first-order chi connectivity index (χ1) is 14.3. The Morgan fingerprint density at radius 3 is 2.23 bits per heavy atom. The van der Waals surface area contributed by atoms with Gasteiger partial charge in [-0.05, 0) is 64.6 Å². The SMILES string of the molecule is COc1ccc2cc(/C(C)=N\NC(=O)COc3ccc(C(C)(C)C)cc3)ccc2c1. The number of hydrazone groups is 1. The van der Waals surface area contributed by atoms with E-state index in [0.717, 1.165) is 27.8 Å². The van der Waals surface area contributed by atoms with Gasteiger partial charge in [0, 0.05) is 0 Å². The monoisotopic (exact) mass is 404 g/mol. The first kappa shape index (κ1) is 21.4. The Balaban J connectivity index is 1.58. The molecule has 3 aromatic rings. The Morgan fingerprint density at radius 2 is 1.57 bits per heavy atom. The molecule has 0 atom stereocenters. The van der Waals surface area contributed by atoms with E-state index in [2.05, 4.69) is 31.3 Å². The largest absolute Gasteiger partial charge is 0.497 e. The number of ether oxygens (including phenoxy) is 2. The van der Waals surface area contributed by atoms with Crippen LogP contribution in [0.15, 0.2) is 65.8 Å². The second-order valence-electron chi connectivity index (χ2n) is 8.22. The number of fused-ring (bicyclic) bond motifs is 1. The topological polar surface area (TPSA) is 59.9 Å². The second-order valence-corrected chi connectivity index (χ2v) is 8.22. The van der Waals surface area contributed by atoms with Gasteiger partial charge >= 0.3 is 0 Å². The number of nitrogens with one attached hydrogen (secondary N) is 1. The number of hydrogen-bond donors (Lipinski definition) is 1. The number of benzene rings is 3. The van der Waals surface area contributed by atoms with Gasteiger partial charge in [-0.3, -0.25) is 4.79 Å². The summed E-state index contributed by atoms with van der Waals surface area (Å²) in [4.78, 5) is 12.1. The zero-order chi connectivity index (χ0) is 21.7. The van der Waals surface area contributed by atoms with E-state index < -0.39 is 0 Å². The summed E-state index contributed by atoms with van der Waals surface area (Å²) in [5.74, 6) is 1.17. The number of carbonyl (C=O) groups excluding carboxylic acids is 1. The van der Waals surface area contributed by atoms with E-state index in [9.17, 15) is 4.79 Å². The second kappa shape index (κ2) is 8.99. The summed E-state index contributed by atoms with van der Waals surface area (Å²) in [5.41, 5.74) is 5.51. The molecule has 1 N–H and O–H groups in total. The molecule has 3 aromatic carbocycles. The van der Waals surface area contributed by atoms with E-state index in [1.165, 1.54) is 5.56 Å². The summed E-state index contributed by atoms with van der Waals surface area (Å²) in [6, 6.07) is 19.7. The summed E-state index contributed by atoms with van der Waals surface area (Å²) in [5, 5.41) is 6.37. The molecule has 0 saturated heterocycles. The van der Waals surface area contributed by atoms with Gasteiger partial charge in [-0.1, -0.05) is 51.1 Å². The normalized spacial score (nSPS) is 12.0. The molecule has 3 rings (SSSR count). The number of carbonyl (C=O) groups is 1. The van der Waals surface area contributed by atoms with Crippen LogP contribution in [0.5, 0.6) is 11.5 Å². The van der Waals surface area contributed by atoms with Gasteiger partial charge in [0.1, 0.15) is 11.5 Å². The highest BCUT2D eigenvalue weighted by Gasteiger charge is 2.13. The van der Waals surface area contributed by atoms with Crippen molar-refractivity contribution in [1.29, 1.82) is 0 Å². The Kier molecular flexibility index (Phi) is 6.40. The Morgan fingerprint density at radius 1 is 0.933 bits per heavy atom. The third-order valence-corrected chi connectivity index (χ3v) is 4.90. The van der Waals surface area contributed by atoms with Gasteiger partial charge in [0.2, 0.25) is 0 Å². The summed E-state index contributed by atoms with van der Waals surface area (Å²) in [6.45, 7) is 8.23. The highest BCUT2D eigenvalue weighted by Crippen LogP contribution is 2.24. The quantitative estimate of drug-likeness (QED) is 0.461. The van der Waals surface area contributed by atoms with E-state index in [1.54, 1.807) is 7.11 Å². The zero-order valence-corrected chi connectivity index (χ0v) is 18.2. The van der Waals surface area contributed by atoms with Crippen molar-refractivity contribution >= 4 is 22.4 Å². The van der Waals surface area contributed by atoms with Crippen LogP contribution in [0.1, 0.15) is 38.8 Å². The lowest BCUT2D eigenvalue weighted by Gasteiger charge is -2.19. The van der Waals surface area contributed by atoms with Crippen molar-refractivity contribution in [2.24, 2.45) is 5.10 Å². The predicted molar refractivity (Wildman–Crippen MR) is 121 cm³/mol. The lowest BCUT2D eigenvalue weighted by Crippen LogP contribution is -2.25. The van der Waals surface area contributed by atoms with Gasteiger partial charge in [0.15, 0.2) is 6.61 Å². The smallest absolute Gasteiger partial charge is 0.277 e. The molecule has 0 radical (unpaired) electrons. The summed E-state index contributed by atoms with van der Waals surface area (Å²) < 4.78 is 10.8. The van der Waals surface area contributed by atoms with Crippen LogP contribution in [0.25, 0.3) is 10.8 Å². The van der Waals surface area contributed by atoms with E-state index in [-0.39, 0.29) is 17.9 Å².